The van der Waals surface area contributed by atoms with Crippen LogP contribution in [0.1, 0.15) is 41.4 Å². The van der Waals surface area contributed by atoms with Crippen LogP contribution < -0.4 is 21.5 Å². The van der Waals surface area contributed by atoms with E-state index in [0.717, 1.165) is 69.2 Å². The molecule has 5 rings (SSSR count). The SMILES string of the molecule is CNC(=O)c1c(N)ncnc1N1CCC(c2nc(-c3cc[nH]c(=O)c3)cn2CCN2CCC2)CC1. The zero-order valence-corrected chi connectivity index (χ0v) is 19.9. The highest BCUT2D eigenvalue weighted by molar-refractivity contribution is 6.02. The first-order valence-electron chi connectivity index (χ1n) is 12.1. The molecule has 2 fully saturated rings. The Morgan fingerprint density at radius 1 is 1.20 bits per heavy atom. The molecule has 0 spiro atoms. The molecule has 184 valence electrons. The number of hydrogen-bond acceptors (Lipinski definition) is 8. The quantitative estimate of drug-likeness (QED) is 0.459. The van der Waals surface area contributed by atoms with Crippen molar-refractivity contribution in [3.63, 3.8) is 0 Å². The average Bonchev–Trinajstić information content (AvgIpc) is 3.27. The normalized spacial score (nSPS) is 16.8. The Labute approximate surface area is 203 Å². The fraction of sp³-hybridized carbons (Fsp3) is 0.458. The number of imidazole rings is 1. The molecule has 3 aromatic heterocycles. The topological polar surface area (TPSA) is 138 Å². The van der Waals surface area contributed by atoms with E-state index in [0.29, 0.717) is 11.4 Å². The van der Waals surface area contributed by atoms with Crippen molar-refractivity contribution in [1.29, 1.82) is 0 Å². The van der Waals surface area contributed by atoms with Crippen molar-refractivity contribution in [3.8, 4) is 11.3 Å². The van der Waals surface area contributed by atoms with Crippen molar-refractivity contribution in [2.45, 2.75) is 31.7 Å². The van der Waals surface area contributed by atoms with E-state index in [1.165, 1.54) is 12.7 Å². The number of nitrogens with zero attached hydrogens (tertiary/aromatic N) is 6. The summed E-state index contributed by atoms with van der Waals surface area (Å²) in [5.74, 6) is 1.78. The minimum absolute atomic E-state index is 0.136. The van der Waals surface area contributed by atoms with Gasteiger partial charge < -0.3 is 30.4 Å². The van der Waals surface area contributed by atoms with E-state index >= 15 is 0 Å². The monoisotopic (exact) mass is 477 g/mol. The minimum Gasteiger partial charge on any atom is -0.383 e. The van der Waals surface area contributed by atoms with Crippen LogP contribution in [0.5, 0.6) is 0 Å². The summed E-state index contributed by atoms with van der Waals surface area (Å²) >= 11 is 0. The number of piperidine rings is 1. The molecular weight excluding hydrogens is 446 g/mol. The smallest absolute Gasteiger partial charge is 0.258 e. The van der Waals surface area contributed by atoms with Gasteiger partial charge in [0.15, 0.2) is 0 Å². The molecule has 2 aliphatic heterocycles. The number of carbonyl (C=O) groups is 1. The highest BCUT2D eigenvalue weighted by atomic mass is 16.1. The molecular formula is C24H31N9O2. The van der Waals surface area contributed by atoms with Crippen LogP contribution in [-0.4, -0.2) is 75.1 Å². The van der Waals surface area contributed by atoms with Gasteiger partial charge in [0.25, 0.3) is 5.91 Å². The summed E-state index contributed by atoms with van der Waals surface area (Å²) in [6, 6.07) is 3.48. The zero-order chi connectivity index (χ0) is 24.4. The lowest BCUT2D eigenvalue weighted by atomic mass is 9.95. The van der Waals surface area contributed by atoms with E-state index in [-0.39, 0.29) is 23.2 Å². The molecule has 5 heterocycles. The van der Waals surface area contributed by atoms with Gasteiger partial charge >= 0.3 is 0 Å². The predicted molar refractivity (Wildman–Crippen MR) is 133 cm³/mol. The van der Waals surface area contributed by atoms with Crippen molar-refractivity contribution in [3.05, 3.63) is 52.6 Å². The second-order valence-electron chi connectivity index (χ2n) is 9.11. The number of nitrogens with one attached hydrogen (secondary N) is 2. The van der Waals surface area contributed by atoms with Crippen LogP contribution in [0.4, 0.5) is 11.6 Å². The number of H-pyrrole nitrogens is 1. The number of rotatable bonds is 7. The first kappa shape index (κ1) is 23.0. The first-order valence-corrected chi connectivity index (χ1v) is 12.1. The Morgan fingerprint density at radius 3 is 2.69 bits per heavy atom. The molecule has 11 nitrogen and oxygen atoms in total. The van der Waals surface area contributed by atoms with Gasteiger partial charge in [0.1, 0.15) is 29.4 Å². The number of pyridine rings is 1. The number of hydrogen-bond donors (Lipinski definition) is 3. The second-order valence-corrected chi connectivity index (χ2v) is 9.11. The van der Waals surface area contributed by atoms with Crippen LogP contribution in [-0.2, 0) is 6.54 Å². The van der Waals surface area contributed by atoms with E-state index in [1.807, 2.05) is 6.07 Å². The molecule has 0 aliphatic carbocycles. The van der Waals surface area contributed by atoms with Gasteiger partial charge in [0.05, 0.1) is 5.69 Å². The number of carbonyl (C=O) groups excluding carboxylic acids is 1. The number of aromatic amines is 1. The maximum Gasteiger partial charge on any atom is 0.258 e. The molecule has 0 saturated carbocycles. The number of amides is 1. The number of aromatic nitrogens is 5. The Hall–Kier alpha value is -3.73. The number of anilines is 2. The highest BCUT2D eigenvalue weighted by Crippen LogP contribution is 2.33. The van der Waals surface area contributed by atoms with Gasteiger partial charge in [-0.1, -0.05) is 0 Å². The molecule has 4 N–H and O–H groups in total. The van der Waals surface area contributed by atoms with Crippen molar-refractivity contribution >= 4 is 17.5 Å². The molecule has 11 heteroatoms. The molecule has 1 amide bonds. The zero-order valence-electron chi connectivity index (χ0n) is 19.9. The Morgan fingerprint density at radius 2 is 2.00 bits per heavy atom. The third-order valence-corrected chi connectivity index (χ3v) is 6.95. The summed E-state index contributed by atoms with van der Waals surface area (Å²) in [7, 11) is 1.57. The molecule has 0 atom stereocenters. The van der Waals surface area contributed by atoms with Crippen molar-refractivity contribution in [2.24, 2.45) is 0 Å². The molecule has 0 radical (unpaired) electrons. The fourth-order valence-electron chi connectivity index (χ4n) is 4.85. The summed E-state index contributed by atoms with van der Waals surface area (Å²) in [5, 5.41) is 2.63. The van der Waals surface area contributed by atoms with Crippen molar-refractivity contribution in [1.82, 2.24) is 34.7 Å². The molecule has 2 saturated heterocycles. The standard InChI is InChI=1S/C24H31N9O2/c1-26-24(35)20-21(25)28-15-29-23(20)32-9-4-16(5-10-32)22-30-18(17-3-6-27-19(34)13-17)14-33(22)12-11-31-7-2-8-31/h3,6,13-16H,2,4-5,7-12H2,1H3,(H,26,35)(H,27,34)(H2,25,28,29). The summed E-state index contributed by atoms with van der Waals surface area (Å²) in [6.07, 6.45) is 8.13. The van der Waals surface area contributed by atoms with E-state index in [1.54, 1.807) is 19.3 Å². The molecule has 0 bridgehead atoms. The largest absolute Gasteiger partial charge is 0.383 e. The van der Waals surface area contributed by atoms with Gasteiger partial charge in [0, 0.05) is 63.2 Å². The summed E-state index contributed by atoms with van der Waals surface area (Å²) < 4.78 is 2.26. The van der Waals surface area contributed by atoms with E-state index in [2.05, 4.69) is 40.8 Å². The van der Waals surface area contributed by atoms with Gasteiger partial charge in [-0.3, -0.25) is 9.59 Å². The number of nitrogen functional groups attached to an aromatic ring is 1. The van der Waals surface area contributed by atoms with E-state index in [9.17, 15) is 9.59 Å². The molecule has 2 aliphatic rings. The van der Waals surface area contributed by atoms with E-state index in [4.69, 9.17) is 10.7 Å². The van der Waals surface area contributed by atoms with Crippen LogP contribution in [0.15, 0.2) is 35.6 Å². The minimum atomic E-state index is -0.288. The van der Waals surface area contributed by atoms with Crippen LogP contribution in [0.3, 0.4) is 0 Å². The van der Waals surface area contributed by atoms with Gasteiger partial charge in [-0.2, -0.15) is 0 Å². The molecule has 0 aromatic carbocycles. The lowest BCUT2D eigenvalue weighted by Crippen LogP contribution is -2.39. The number of nitrogens with two attached hydrogens (primary N) is 1. The van der Waals surface area contributed by atoms with Crippen LogP contribution >= 0.6 is 0 Å². The lowest BCUT2D eigenvalue weighted by Gasteiger charge is -2.34. The molecule has 0 unspecified atom stereocenters. The van der Waals surface area contributed by atoms with Gasteiger partial charge in [-0.05, 0) is 38.4 Å². The van der Waals surface area contributed by atoms with Crippen LogP contribution in [0.2, 0.25) is 0 Å². The Kier molecular flexibility index (Phi) is 6.49. The third kappa shape index (κ3) is 4.76. The Bertz CT molecular complexity index is 1260. The van der Waals surface area contributed by atoms with Gasteiger partial charge in [-0.25, -0.2) is 15.0 Å². The third-order valence-electron chi connectivity index (χ3n) is 6.95. The van der Waals surface area contributed by atoms with Gasteiger partial charge in [-0.15, -0.1) is 0 Å². The fourth-order valence-corrected chi connectivity index (χ4v) is 4.85. The second kappa shape index (κ2) is 9.87. The first-order chi connectivity index (χ1) is 17.0. The van der Waals surface area contributed by atoms with Crippen LogP contribution in [0.25, 0.3) is 11.3 Å². The average molecular weight is 478 g/mol. The van der Waals surface area contributed by atoms with Crippen molar-refractivity contribution < 1.29 is 4.79 Å². The lowest BCUT2D eigenvalue weighted by molar-refractivity contribution is 0.0963. The molecule has 35 heavy (non-hydrogen) atoms. The van der Waals surface area contributed by atoms with Crippen LogP contribution in [0, 0.1) is 0 Å². The predicted octanol–water partition coefficient (Wildman–Crippen LogP) is 1.06. The molecule has 3 aromatic rings. The number of likely N-dealkylation sites (tertiary alicyclic amines) is 1. The highest BCUT2D eigenvalue weighted by Gasteiger charge is 2.29. The van der Waals surface area contributed by atoms with E-state index < -0.39 is 0 Å². The maximum absolute atomic E-state index is 12.4. The summed E-state index contributed by atoms with van der Waals surface area (Å²) in [5.41, 5.74) is 7.83. The van der Waals surface area contributed by atoms with Gasteiger partial charge in [0.2, 0.25) is 5.56 Å². The Balaban J connectivity index is 1.37. The maximum atomic E-state index is 12.4. The van der Waals surface area contributed by atoms with Crippen molar-refractivity contribution in [2.75, 3.05) is 50.4 Å². The summed E-state index contributed by atoms with van der Waals surface area (Å²) in [4.78, 5) is 44.9. The summed E-state index contributed by atoms with van der Waals surface area (Å²) in [6.45, 7) is 5.62.